The molecule has 0 spiro atoms. The summed E-state index contributed by atoms with van der Waals surface area (Å²) in [6, 6.07) is 19.2. The predicted molar refractivity (Wildman–Crippen MR) is 112 cm³/mol. The lowest BCUT2D eigenvalue weighted by Gasteiger charge is -2.11. The zero-order valence-corrected chi connectivity index (χ0v) is 16.2. The van der Waals surface area contributed by atoms with E-state index in [2.05, 4.69) is 15.8 Å². The van der Waals surface area contributed by atoms with Crippen molar-refractivity contribution in [3.8, 4) is 11.5 Å². The Morgan fingerprint density at radius 3 is 2.50 bits per heavy atom. The first kappa shape index (κ1) is 19.2. The largest absolute Gasteiger partial charge is 0.497 e. The Bertz CT molecular complexity index is 1010. The molecule has 0 aliphatic heterocycles. The van der Waals surface area contributed by atoms with Gasteiger partial charge in [-0.2, -0.15) is 5.10 Å². The number of rotatable bonds is 7. The van der Waals surface area contributed by atoms with Gasteiger partial charge in [0.2, 0.25) is 0 Å². The standard InChI is InChI=1S/C22H23N3O3/c1-15(18-11-12-21(28-3)20-10-5-4-9-19(18)20)24-25-22(26)14-23-16-7-6-8-17(13-16)27-2/h4-13,23H,14H2,1-3H3,(H,25,26)/b24-15-. The average molecular weight is 377 g/mol. The van der Waals surface area contributed by atoms with E-state index >= 15 is 0 Å². The third kappa shape index (κ3) is 4.40. The van der Waals surface area contributed by atoms with Crippen molar-refractivity contribution in [1.82, 2.24) is 5.43 Å². The average Bonchev–Trinajstić information content (AvgIpc) is 2.75. The summed E-state index contributed by atoms with van der Waals surface area (Å²) in [4.78, 5) is 12.1. The van der Waals surface area contributed by atoms with E-state index < -0.39 is 0 Å². The molecule has 3 rings (SSSR count). The first-order valence-electron chi connectivity index (χ1n) is 8.89. The number of benzene rings is 3. The molecule has 0 aromatic heterocycles. The molecule has 3 aromatic rings. The lowest BCUT2D eigenvalue weighted by molar-refractivity contribution is -0.119. The number of hydrogen-bond acceptors (Lipinski definition) is 5. The Morgan fingerprint density at radius 1 is 0.964 bits per heavy atom. The Balaban J connectivity index is 1.68. The molecule has 0 aliphatic rings. The molecule has 0 bridgehead atoms. The van der Waals surface area contributed by atoms with Crippen LogP contribution in [0, 0.1) is 0 Å². The highest BCUT2D eigenvalue weighted by atomic mass is 16.5. The van der Waals surface area contributed by atoms with Gasteiger partial charge in [-0.25, -0.2) is 5.43 Å². The Kier molecular flexibility index (Phi) is 6.11. The zero-order valence-electron chi connectivity index (χ0n) is 16.2. The van der Waals surface area contributed by atoms with Gasteiger partial charge in [-0.05, 0) is 36.6 Å². The molecule has 0 aliphatic carbocycles. The zero-order chi connectivity index (χ0) is 19.9. The van der Waals surface area contributed by atoms with E-state index in [0.29, 0.717) is 5.71 Å². The van der Waals surface area contributed by atoms with Crippen molar-refractivity contribution in [2.75, 3.05) is 26.1 Å². The summed E-state index contributed by atoms with van der Waals surface area (Å²) < 4.78 is 10.6. The molecule has 0 radical (unpaired) electrons. The minimum absolute atomic E-state index is 0.104. The highest BCUT2D eigenvalue weighted by Crippen LogP contribution is 2.28. The molecule has 0 atom stereocenters. The number of carbonyl (C=O) groups is 1. The van der Waals surface area contributed by atoms with Crippen molar-refractivity contribution < 1.29 is 14.3 Å². The van der Waals surface area contributed by atoms with Crippen molar-refractivity contribution >= 4 is 28.1 Å². The quantitative estimate of drug-likeness (QED) is 0.485. The van der Waals surface area contributed by atoms with Crippen LogP contribution in [0.1, 0.15) is 12.5 Å². The van der Waals surface area contributed by atoms with Crippen molar-refractivity contribution in [1.29, 1.82) is 0 Å². The van der Waals surface area contributed by atoms with Gasteiger partial charge in [-0.1, -0.05) is 30.3 Å². The summed E-state index contributed by atoms with van der Waals surface area (Å²) in [5.41, 5.74) is 5.06. The lowest BCUT2D eigenvalue weighted by atomic mass is 10.0. The molecule has 144 valence electrons. The van der Waals surface area contributed by atoms with Gasteiger partial charge in [-0.3, -0.25) is 4.79 Å². The Hall–Kier alpha value is -3.54. The van der Waals surface area contributed by atoms with Crippen LogP contribution < -0.4 is 20.2 Å². The molecule has 1 amide bonds. The number of ether oxygens (including phenoxy) is 2. The van der Waals surface area contributed by atoms with Gasteiger partial charge < -0.3 is 14.8 Å². The third-order valence-corrected chi connectivity index (χ3v) is 4.36. The third-order valence-electron chi connectivity index (χ3n) is 4.36. The van der Waals surface area contributed by atoms with Crippen molar-refractivity contribution in [2.45, 2.75) is 6.92 Å². The molecular formula is C22H23N3O3. The summed E-state index contributed by atoms with van der Waals surface area (Å²) in [6.45, 7) is 1.97. The second-order valence-electron chi connectivity index (χ2n) is 6.18. The van der Waals surface area contributed by atoms with Gasteiger partial charge in [-0.15, -0.1) is 0 Å². The molecule has 6 heteroatoms. The maximum absolute atomic E-state index is 12.1. The molecule has 2 N–H and O–H groups in total. The fourth-order valence-corrected chi connectivity index (χ4v) is 2.93. The molecule has 0 saturated carbocycles. The lowest BCUT2D eigenvalue weighted by Crippen LogP contribution is -2.26. The molecule has 0 fully saturated rings. The van der Waals surface area contributed by atoms with E-state index in [-0.39, 0.29) is 12.5 Å². The number of methoxy groups -OCH3 is 2. The van der Waals surface area contributed by atoms with Gasteiger partial charge in [0.25, 0.3) is 5.91 Å². The second-order valence-corrected chi connectivity index (χ2v) is 6.18. The van der Waals surface area contributed by atoms with Crippen molar-refractivity contribution in [3.05, 3.63) is 66.2 Å². The fraction of sp³-hybridized carbons (Fsp3) is 0.182. The maximum Gasteiger partial charge on any atom is 0.259 e. The number of amides is 1. The predicted octanol–water partition coefficient (Wildman–Crippen LogP) is 3.81. The SMILES string of the molecule is COc1cccc(NCC(=O)N/N=C(/C)c2ccc(OC)c3ccccc23)c1. The molecule has 0 saturated heterocycles. The number of anilines is 1. The summed E-state index contributed by atoms with van der Waals surface area (Å²) in [5.74, 6) is 1.30. The van der Waals surface area contributed by atoms with E-state index in [1.807, 2.05) is 67.6 Å². The molecule has 6 nitrogen and oxygen atoms in total. The van der Waals surface area contributed by atoms with E-state index in [0.717, 1.165) is 33.5 Å². The fourth-order valence-electron chi connectivity index (χ4n) is 2.93. The van der Waals surface area contributed by atoms with E-state index in [1.165, 1.54) is 0 Å². The molecule has 0 unspecified atom stereocenters. The second kappa shape index (κ2) is 8.90. The minimum Gasteiger partial charge on any atom is -0.497 e. The number of fused-ring (bicyclic) bond motifs is 1. The smallest absolute Gasteiger partial charge is 0.259 e. The molecule has 3 aromatic carbocycles. The van der Waals surface area contributed by atoms with E-state index in [9.17, 15) is 4.79 Å². The van der Waals surface area contributed by atoms with Crippen LogP contribution >= 0.6 is 0 Å². The van der Waals surface area contributed by atoms with Crippen LogP contribution in [-0.4, -0.2) is 32.4 Å². The normalized spacial score (nSPS) is 11.2. The molecule has 0 heterocycles. The van der Waals surface area contributed by atoms with E-state index in [4.69, 9.17) is 9.47 Å². The van der Waals surface area contributed by atoms with Crippen LogP contribution in [-0.2, 0) is 4.79 Å². The van der Waals surface area contributed by atoms with Crippen LogP contribution in [0.5, 0.6) is 11.5 Å². The number of nitrogens with one attached hydrogen (secondary N) is 2. The van der Waals surface area contributed by atoms with Crippen LogP contribution in [0.3, 0.4) is 0 Å². The monoisotopic (exact) mass is 377 g/mol. The van der Waals surface area contributed by atoms with Gasteiger partial charge in [0.05, 0.1) is 26.5 Å². The van der Waals surface area contributed by atoms with Crippen molar-refractivity contribution in [2.24, 2.45) is 5.10 Å². The number of hydrazone groups is 1. The number of carbonyl (C=O) groups excluding carboxylic acids is 1. The van der Waals surface area contributed by atoms with Crippen LogP contribution in [0.4, 0.5) is 5.69 Å². The Morgan fingerprint density at radius 2 is 1.75 bits per heavy atom. The van der Waals surface area contributed by atoms with E-state index in [1.54, 1.807) is 14.2 Å². The first-order valence-corrected chi connectivity index (χ1v) is 8.89. The highest BCUT2D eigenvalue weighted by Gasteiger charge is 2.09. The van der Waals surface area contributed by atoms with Crippen LogP contribution in [0.15, 0.2) is 65.8 Å². The summed E-state index contributed by atoms with van der Waals surface area (Å²) in [7, 11) is 3.25. The topological polar surface area (TPSA) is 72.0 Å². The van der Waals surface area contributed by atoms with Crippen LogP contribution in [0.2, 0.25) is 0 Å². The van der Waals surface area contributed by atoms with Gasteiger partial charge in [0.15, 0.2) is 0 Å². The minimum atomic E-state index is -0.236. The molecule has 28 heavy (non-hydrogen) atoms. The van der Waals surface area contributed by atoms with Crippen LogP contribution in [0.25, 0.3) is 10.8 Å². The summed E-state index contributed by atoms with van der Waals surface area (Å²) in [6.07, 6.45) is 0. The van der Waals surface area contributed by atoms with Gasteiger partial charge in [0.1, 0.15) is 11.5 Å². The number of nitrogens with zero attached hydrogens (tertiary/aromatic N) is 1. The maximum atomic E-state index is 12.1. The summed E-state index contributed by atoms with van der Waals surface area (Å²) >= 11 is 0. The Labute approximate surface area is 164 Å². The van der Waals surface area contributed by atoms with Gasteiger partial charge >= 0.3 is 0 Å². The first-order chi connectivity index (χ1) is 13.6. The molecular weight excluding hydrogens is 354 g/mol. The van der Waals surface area contributed by atoms with Gasteiger partial charge in [0, 0.05) is 22.7 Å². The summed E-state index contributed by atoms with van der Waals surface area (Å²) in [5, 5.41) is 9.33. The van der Waals surface area contributed by atoms with Crippen molar-refractivity contribution in [3.63, 3.8) is 0 Å². The number of hydrogen-bond donors (Lipinski definition) is 2. The highest BCUT2D eigenvalue weighted by molar-refractivity contribution is 6.11.